The Hall–Kier alpha value is -1.98. The lowest BCUT2D eigenvalue weighted by Gasteiger charge is -2.15. The van der Waals surface area contributed by atoms with Crippen LogP contribution >= 0.6 is 22.7 Å². The van der Waals surface area contributed by atoms with Crippen LogP contribution in [0.5, 0.6) is 0 Å². The van der Waals surface area contributed by atoms with Crippen molar-refractivity contribution in [2.75, 3.05) is 11.9 Å². The second kappa shape index (κ2) is 5.56. The Labute approximate surface area is 125 Å². The van der Waals surface area contributed by atoms with Crippen LogP contribution in [0.3, 0.4) is 0 Å². The molecule has 5 heteroatoms. The minimum atomic E-state index is -0.0890. The minimum absolute atomic E-state index is 0.0890. The van der Waals surface area contributed by atoms with Crippen LogP contribution in [0.1, 0.15) is 10.5 Å². The van der Waals surface area contributed by atoms with Crippen molar-refractivity contribution < 1.29 is 4.79 Å². The molecule has 0 N–H and O–H groups in total. The van der Waals surface area contributed by atoms with Crippen LogP contribution in [0.25, 0.3) is 10.6 Å². The van der Waals surface area contributed by atoms with Crippen LogP contribution in [0, 0.1) is 0 Å². The number of amides is 1. The molecule has 2 aromatic heterocycles. The Morgan fingerprint density at radius 3 is 2.65 bits per heavy atom. The summed E-state index contributed by atoms with van der Waals surface area (Å²) < 4.78 is 0. The first-order valence-electron chi connectivity index (χ1n) is 6.07. The molecule has 0 atom stereocenters. The molecule has 0 radical (unpaired) electrons. The first kappa shape index (κ1) is 13.0. The summed E-state index contributed by atoms with van der Waals surface area (Å²) in [7, 11) is 1.77. The third-order valence-electron chi connectivity index (χ3n) is 2.94. The van der Waals surface area contributed by atoms with Crippen molar-refractivity contribution in [1.82, 2.24) is 4.98 Å². The number of thiophene rings is 1. The second-order valence-corrected chi connectivity index (χ2v) is 5.89. The molecule has 0 bridgehead atoms. The standard InChI is InChI=1S/C15H12N2OS2/c1-17(12-5-3-2-4-6-12)15(18)13-10-20-14(16-13)11-7-8-19-9-11/h2-10H,1H3. The molecular formula is C15H12N2OS2. The quantitative estimate of drug-likeness (QED) is 0.728. The van der Waals surface area contributed by atoms with E-state index in [1.807, 2.05) is 52.5 Å². The molecule has 3 nitrogen and oxygen atoms in total. The molecule has 0 fully saturated rings. The van der Waals surface area contributed by atoms with E-state index in [2.05, 4.69) is 4.98 Å². The summed E-state index contributed by atoms with van der Waals surface area (Å²) in [5.41, 5.74) is 2.42. The van der Waals surface area contributed by atoms with Gasteiger partial charge in [-0.1, -0.05) is 18.2 Å². The van der Waals surface area contributed by atoms with Crippen LogP contribution in [0.2, 0.25) is 0 Å². The van der Waals surface area contributed by atoms with Gasteiger partial charge in [0.1, 0.15) is 10.7 Å². The van der Waals surface area contributed by atoms with Crippen LogP contribution < -0.4 is 4.90 Å². The SMILES string of the molecule is CN(C(=O)c1csc(-c2ccsc2)n1)c1ccccc1. The van der Waals surface area contributed by atoms with Gasteiger partial charge in [0.15, 0.2) is 0 Å². The van der Waals surface area contributed by atoms with Crippen LogP contribution in [-0.4, -0.2) is 17.9 Å². The number of benzene rings is 1. The maximum absolute atomic E-state index is 12.4. The van der Waals surface area contributed by atoms with Gasteiger partial charge in [-0.25, -0.2) is 4.98 Å². The van der Waals surface area contributed by atoms with Crippen molar-refractivity contribution in [3.8, 4) is 10.6 Å². The zero-order chi connectivity index (χ0) is 13.9. The molecule has 0 aliphatic carbocycles. The summed E-state index contributed by atoms with van der Waals surface area (Å²) in [6.07, 6.45) is 0. The van der Waals surface area contributed by atoms with E-state index < -0.39 is 0 Å². The molecule has 0 aliphatic heterocycles. The summed E-state index contributed by atoms with van der Waals surface area (Å²) in [5.74, 6) is -0.0890. The monoisotopic (exact) mass is 300 g/mol. The second-order valence-electron chi connectivity index (χ2n) is 4.25. The summed E-state index contributed by atoms with van der Waals surface area (Å²) in [4.78, 5) is 18.5. The zero-order valence-corrected chi connectivity index (χ0v) is 12.4. The molecule has 1 aromatic carbocycles. The van der Waals surface area contributed by atoms with Gasteiger partial charge in [-0.3, -0.25) is 4.79 Å². The van der Waals surface area contributed by atoms with Gasteiger partial charge < -0.3 is 4.90 Å². The normalized spacial score (nSPS) is 10.4. The lowest BCUT2D eigenvalue weighted by molar-refractivity contribution is 0.0989. The highest BCUT2D eigenvalue weighted by atomic mass is 32.1. The molecular weight excluding hydrogens is 288 g/mol. The highest BCUT2D eigenvalue weighted by Gasteiger charge is 2.17. The van der Waals surface area contributed by atoms with Gasteiger partial charge in [-0.2, -0.15) is 11.3 Å². The van der Waals surface area contributed by atoms with Crippen molar-refractivity contribution >= 4 is 34.3 Å². The largest absolute Gasteiger partial charge is 0.310 e. The molecule has 2 heterocycles. The fourth-order valence-corrected chi connectivity index (χ4v) is 3.34. The van der Waals surface area contributed by atoms with Gasteiger partial charge in [0.05, 0.1) is 0 Å². The zero-order valence-electron chi connectivity index (χ0n) is 10.8. The molecule has 0 saturated heterocycles. The number of hydrogen-bond donors (Lipinski definition) is 0. The first-order valence-corrected chi connectivity index (χ1v) is 7.89. The van der Waals surface area contributed by atoms with Gasteiger partial charge in [-0.15, -0.1) is 11.3 Å². The number of carbonyl (C=O) groups excluding carboxylic acids is 1. The highest BCUT2D eigenvalue weighted by molar-refractivity contribution is 7.14. The highest BCUT2D eigenvalue weighted by Crippen LogP contribution is 2.26. The maximum atomic E-state index is 12.4. The Morgan fingerprint density at radius 2 is 1.95 bits per heavy atom. The Kier molecular flexibility index (Phi) is 3.62. The Balaban J connectivity index is 1.85. The van der Waals surface area contributed by atoms with Gasteiger partial charge >= 0.3 is 0 Å². The first-order chi connectivity index (χ1) is 9.75. The van der Waals surface area contributed by atoms with Crippen LogP contribution in [0.15, 0.2) is 52.5 Å². The Bertz CT molecular complexity index is 705. The molecule has 0 unspecified atom stereocenters. The third kappa shape index (κ3) is 2.50. The smallest absolute Gasteiger partial charge is 0.277 e. The molecule has 100 valence electrons. The van der Waals surface area contributed by atoms with Gasteiger partial charge in [-0.05, 0) is 23.6 Å². The van der Waals surface area contributed by atoms with E-state index in [4.69, 9.17) is 0 Å². The van der Waals surface area contributed by atoms with Crippen molar-refractivity contribution in [2.45, 2.75) is 0 Å². The lowest BCUT2D eigenvalue weighted by atomic mass is 10.3. The summed E-state index contributed by atoms with van der Waals surface area (Å²) in [5, 5.41) is 6.74. The predicted molar refractivity (Wildman–Crippen MR) is 84.6 cm³/mol. The van der Waals surface area contributed by atoms with Crippen molar-refractivity contribution in [3.63, 3.8) is 0 Å². The van der Waals surface area contributed by atoms with Crippen molar-refractivity contribution in [3.05, 3.63) is 58.2 Å². The molecule has 3 aromatic rings. The van der Waals surface area contributed by atoms with E-state index in [9.17, 15) is 4.79 Å². The van der Waals surface area contributed by atoms with E-state index in [1.165, 1.54) is 11.3 Å². The maximum Gasteiger partial charge on any atom is 0.277 e. The van der Waals surface area contributed by atoms with E-state index in [0.29, 0.717) is 5.69 Å². The van der Waals surface area contributed by atoms with Crippen molar-refractivity contribution in [2.24, 2.45) is 0 Å². The number of carbonyl (C=O) groups is 1. The number of aromatic nitrogens is 1. The molecule has 0 spiro atoms. The molecule has 0 aliphatic rings. The van der Waals surface area contributed by atoms with E-state index in [-0.39, 0.29) is 5.91 Å². The number of thiazole rings is 1. The van der Waals surface area contributed by atoms with Crippen LogP contribution in [0.4, 0.5) is 5.69 Å². The topological polar surface area (TPSA) is 33.2 Å². The van der Waals surface area contributed by atoms with E-state index in [0.717, 1.165) is 16.3 Å². The fraction of sp³-hybridized carbons (Fsp3) is 0.0667. The summed E-state index contributed by atoms with van der Waals surface area (Å²) >= 11 is 3.12. The molecule has 0 saturated carbocycles. The molecule has 3 rings (SSSR count). The van der Waals surface area contributed by atoms with Crippen molar-refractivity contribution in [1.29, 1.82) is 0 Å². The number of anilines is 1. The number of para-hydroxylation sites is 1. The average molecular weight is 300 g/mol. The van der Waals surface area contributed by atoms with Gasteiger partial charge in [0, 0.05) is 29.1 Å². The number of rotatable bonds is 3. The average Bonchev–Trinajstić information content (AvgIpc) is 3.17. The fourth-order valence-electron chi connectivity index (χ4n) is 1.83. The van der Waals surface area contributed by atoms with E-state index in [1.54, 1.807) is 23.3 Å². The van der Waals surface area contributed by atoms with Gasteiger partial charge in [0.25, 0.3) is 5.91 Å². The lowest BCUT2D eigenvalue weighted by Crippen LogP contribution is -2.26. The Morgan fingerprint density at radius 1 is 1.15 bits per heavy atom. The third-order valence-corrected chi connectivity index (χ3v) is 4.51. The number of nitrogens with zero attached hydrogens (tertiary/aromatic N) is 2. The van der Waals surface area contributed by atoms with Gasteiger partial charge in [0.2, 0.25) is 0 Å². The van der Waals surface area contributed by atoms with Crippen LogP contribution in [-0.2, 0) is 0 Å². The number of hydrogen-bond acceptors (Lipinski definition) is 4. The predicted octanol–water partition coefficient (Wildman–Crippen LogP) is 4.15. The minimum Gasteiger partial charge on any atom is -0.310 e. The molecule has 20 heavy (non-hydrogen) atoms. The summed E-state index contributed by atoms with van der Waals surface area (Å²) in [6.45, 7) is 0. The molecule has 1 amide bonds. The van der Waals surface area contributed by atoms with E-state index >= 15 is 0 Å². The summed E-state index contributed by atoms with van der Waals surface area (Å²) in [6, 6.07) is 11.6.